The average Bonchev–Trinajstić information content (AvgIpc) is 2.47. The summed E-state index contributed by atoms with van der Waals surface area (Å²) in [6.45, 7) is 0. The van der Waals surface area contributed by atoms with Gasteiger partial charge in [-0.1, -0.05) is 12.1 Å². The molecule has 0 radical (unpaired) electrons. The quantitative estimate of drug-likeness (QED) is 0.685. The molecule has 2 rings (SSSR count). The number of nitro groups is 1. The molecule has 0 spiro atoms. The number of amides is 1. The molecule has 0 aromatic heterocycles. The molecule has 0 heterocycles. The molecule has 6 nitrogen and oxygen atoms in total. The standard InChI is InChI=1S/C14H12N2O4/c1-15-14(17)10-4-2-6-12(8-10)20-13-7-3-5-11(9-13)16(18)19/h2-9H,1H3,(H,15,17). The van der Waals surface area contributed by atoms with Gasteiger partial charge in [-0.05, 0) is 24.3 Å². The zero-order chi connectivity index (χ0) is 14.5. The number of carbonyl (C=O) groups is 1. The molecule has 0 aliphatic heterocycles. The van der Waals surface area contributed by atoms with E-state index < -0.39 is 4.92 Å². The van der Waals surface area contributed by atoms with Gasteiger partial charge in [-0.3, -0.25) is 14.9 Å². The van der Waals surface area contributed by atoms with Crippen molar-refractivity contribution in [3.63, 3.8) is 0 Å². The van der Waals surface area contributed by atoms with Crippen LogP contribution in [0, 0.1) is 10.1 Å². The number of nitrogens with zero attached hydrogens (tertiary/aromatic N) is 1. The van der Waals surface area contributed by atoms with Crippen molar-refractivity contribution in [1.82, 2.24) is 5.32 Å². The fraction of sp³-hybridized carbons (Fsp3) is 0.0714. The molecule has 1 N–H and O–H groups in total. The van der Waals surface area contributed by atoms with Gasteiger partial charge in [0.2, 0.25) is 0 Å². The highest BCUT2D eigenvalue weighted by atomic mass is 16.6. The fourth-order valence-electron chi connectivity index (χ4n) is 1.64. The Labute approximate surface area is 115 Å². The number of ether oxygens (including phenoxy) is 1. The lowest BCUT2D eigenvalue weighted by molar-refractivity contribution is -0.384. The third-order valence-corrected chi connectivity index (χ3v) is 2.59. The Morgan fingerprint density at radius 1 is 1.15 bits per heavy atom. The van der Waals surface area contributed by atoms with E-state index in [0.29, 0.717) is 17.1 Å². The highest BCUT2D eigenvalue weighted by Crippen LogP contribution is 2.25. The van der Waals surface area contributed by atoms with E-state index in [0.717, 1.165) is 0 Å². The fourth-order valence-corrected chi connectivity index (χ4v) is 1.64. The summed E-state index contributed by atoms with van der Waals surface area (Å²) < 4.78 is 5.52. The van der Waals surface area contributed by atoms with Gasteiger partial charge < -0.3 is 10.1 Å². The first-order chi connectivity index (χ1) is 9.60. The molecular formula is C14H12N2O4. The maximum Gasteiger partial charge on any atom is 0.273 e. The zero-order valence-corrected chi connectivity index (χ0v) is 10.7. The average molecular weight is 272 g/mol. The van der Waals surface area contributed by atoms with Crippen LogP contribution in [0.5, 0.6) is 11.5 Å². The number of nitrogens with one attached hydrogen (secondary N) is 1. The van der Waals surface area contributed by atoms with Gasteiger partial charge in [-0.25, -0.2) is 0 Å². The molecule has 0 aliphatic rings. The Hall–Kier alpha value is -2.89. The van der Waals surface area contributed by atoms with Crippen LogP contribution >= 0.6 is 0 Å². The topological polar surface area (TPSA) is 81.5 Å². The smallest absolute Gasteiger partial charge is 0.273 e. The van der Waals surface area contributed by atoms with Crippen LogP contribution in [0.1, 0.15) is 10.4 Å². The summed E-state index contributed by atoms with van der Waals surface area (Å²) in [5.41, 5.74) is 0.403. The molecular weight excluding hydrogens is 260 g/mol. The molecule has 0 saturated carbocycles. The summed E-state index contributed by atoms with van der Waals surface area (Å²) in [6.07, 6.45) is 0. The summed E-state index contributed by atoms with van der Waals surface area (Å²) in [7, 11) is 1.54. The van der Waals surface area contributed by atoms with Gasteiger partial charge >= 0.3 is 0 Å². The van der Waals surface area contributed by atoms with Crippen molar-refractivity contribution < 1.29 is 14.5 Å². The first-order valence-electron chi connectivity index (χ1n) is 5.84. The summed E-state index contributed by atoms with van der Waals surface area (Å²) >= 11 is 0. The maximum atomic E-state index is 11.5. The van der Waals surface area contributed by atoms with Crippen LogP contribution in [0.25, 0.3) is 0 Å². The molecule has 0 aliphatic carbocycles. The number of benzene rings is 2. The molecule has 2 aromatic carbocycles. The van der Waals surface area contributed by atoms with Crippen molar-refractivity contribution in [2.75, 3.05) is 7.05 Å². The molecule has 1 amide bonds. The lowest BCUT2D eigenvalue weighted by atomic mass is 10.2. The predicted molar refractivity (Wildman–Crippen MR) is 73.0 cm³/mol. The third-order valence-electron chi connectivity index (χ3n) is 2.59. The second-order valence-corrected chi connectivity index (χ2v) is 3.96. The number of nitro benzene ring substituents is 1. The third kappa shape index (κ3) is 3.11. The van der Waals surface area contributed by atoms with Crippen molar-refractivity contribution in [2.24, 2.45) is 0 Å². The highest BCUT2D eigenvalue weighted by molar-refractivity contribution is 5.94. The Kier molecular flexibility index (Phi) is 3.95. The molecule has 0 bridgehead atoms. The Balaban J connectivity index is 2.24. The second-order valence-electron chi connectivity index (χ2n) is 3.96. The van der Waals surface area contributed by atoms with Crippen LogP contribution in [-0.4, -0.2) is 17.9 Å². The lowest BCUT2D eigenvalue weighted by Gasteiger charge is -2.07. The monoisotopic (exact) mass is 272 g/mol. The molecule has 20 heavy (non-hydrogen) atoms. The van der Waals surface area contributed by atoms with Crippen molar-refractivity contribution in [2.45, 2.75) is 0 Å². The van der Waals surface area contributed by atoms with Crippen molar-refractivity contribution >= 4 is 11.6 Å². The van der Waals surface area contributed by atoms with Crippen molar-refractivity contribution in [3.05, 3.63) is 64.2 Å². The minimum Gasteiger partial charge on any atom is -0.457 e. The van der Waals surface area contributed by atoms with Gasteiger partial charge in [0.25, 0.3) is 11.6 Å². The summed E-state index contributed by atoms with van der Waals surface area (Å²) in [5, 5.41) is 13.2. The van der Waals surface area contributed by atoms with E-state index in [1.54, 1.807) is 30.3 Å². The number of hydrogen-bond donors (Lipinski definition) is 1. The maximum absolute atomic E-state index is 11.5. The lowest BCUT2D eigenvalue weighted by Crippen LogP contribution is -2.17. The summed E-state index contributed by atoms with van der Waals surface area (Å²) in [5.74, 6) is 0.550. The summed E-state index contributed by atoms with van der Waals surface area (Å²) in [4.78, 5) is 21.7. The van der Waals surface area contributed by atoms with Crippen molar-refractivity contribution in [1.29, 1.82) is 0 Å². The van der Waals surface area contributed by atoms with E-state index in [1.807, 2.05) is 0 Å². The summed E-state index contributed by atoms with van der Waals surface area (Å²) in [6, 6.07) is 12.4. The van der Waals surface area contributed by atoms with Gasteiger partial charge in [-0.15, -0.1) is 0 Å². The van der Waals surface area contributed by atoms with Crippen LogP contribution in [-0.2, 0) is 0 Å². The van der Waals surface area contributed by atoms with Crippen LogP contribution in [0.4, 0.5) is 5.69 Å². The van der Waals surface area contributed by atoms with Crippen LogP contribution < -0.4 is 10.1 Å². The first kappa shape index (κ1) is 13.5. The SMILES string of the molecule is CNC(=O)c1cccc(Oc2cccc([N+](=O)[O-])c2)c1. The molecule has 102 valence electrons. The van der Waals surface area contributed by atoms with Crippen LogP contribution in [0.2, 0.25) is 0 Å². The molecule has 0 atom stereocenters. The Morgan fingerprint density at radius 3 is 2.45 bits per heavy atom. The number of rotatable bonds is 4. The van der Waals surface area contributed by atoms with E-state index >= 15 is 0 Å². The molecule has 0 saturated heterocycles. The van der Waals surface area contributed by atoms with E-state index in [1.165, 1.54) is 25.2 Å². The van der Waals surface area contributed by atoms with Gasteiger partial charge in [0, 0.05) is 18.7 Å². The Morgan fingerprint density at radius 2 is 1.80 bits per heavy atom. The normalized spacial score (nSPS) is 9.85. The zero-order valence-electron chi connectivity index (χ0n) is 10.7. The molecule has 2 aromatic rings. The molecule has 6 heteroatoms. The number of carbonyl (C=O) groups excluding carboxylic acids is 1. The second kappa shape index (κ2) is 5.83. The number of non-ortho nitro benzene ring substituents is 1. The highest BCUT2D eigenvalue weighted by Gasteiger charge is 2.08. The predicted octanol–water partition coefficient (Wildman–Crippen LogP) is 2.75. The molecule has 0 fully saturated rings. The van der Waals surface area contributed by atoms with E-state index in [4.69, 9.17) is 4.74 Å². The largest absolute Gasteiger partial charge is 0.457 e. The van der Waals surface area contributed by atoms with E-state index in [-0.39, 0.29) is 11.6 Å². The van der Waals surface area contributed by atoms with Gasteiger partial charge in [-0.2, -0.15) is 0 Å². The van der Waals surface area contributed by atoms with Crippen molar-refractivity contribution in [3.8, 4) is 11.5 Å². The van der Waals surface area contributed by atoms with Gasteiger partial charge in [0.1, 0.15) is 11.5 Å². The van der Waals surface area contributed by atoms with Crippen LogP contribution in [0.3, 0.4) is 0 Å². The first-order valence-corrected chi connectivity index (χ1v) is 5.84. The number of hydrogen-bond acceptors (Lipinski definition) is 4. The van der Waals surface area contributed by atoms with E-state index in [9.17, 15) is 14.9 Å². The van der Waals surface area contributed by atoms with E-state index in [2.05, 4.69) is 5.32 Å². The minimum absolute atomic E-state index is 0.0510. The molecule has 0 unspecified atom stereocenters. The van der Waals surface area contributed by atoms with Gasteiger partial charge in [0.15, 0.2) is 0 Å². The van der Waals surface area contributed by atoms with Crippen LogP contribution in [0.15, 0.2) is 48.5 Å². The minimum atomic E-state index is -0.492. The van der Waals surface area contributed by atoms with Gasteiger partial charge in [0.05, 0.1) is 11.0 Å². The Bertz CT molecular complexity index is 655.